The summed E-state index contributed by atoms with van der Waals surface area (Å²) in [6.07, 6.45) is 5.78. The van der Waals surface area contributed by atoms with Crippen molar-refractivity contribution in [3.63, 3.8) is 0 Å². The lowest BCUT2D eigenvalue weighted by molar-refractivity contribution is 0.432. The number of hydrogen-bond acceptors (Lipinski definition) is 5. The normalized spacial score (nSPS) is 14.8. The number of rotatable bonds is 4. The van der Waals surface area contributed by atoms with Crippen molar-refractivity contribution < 1.29 is 4.52 Å². The number of imidazole rings is 1. The van der Waals surface area contributed by atoms with Gasteiger partial charge in [-0.3, -0.25) is 0 Å². The summed E-state index contributed by atoms with van der Waals surface area (Å²) < 4.78 is 8.01. The van der Waals surface area contributed by atoms with Gasteiger partial charge in [0, 0.05) is 18.1 Å². The third-order valence-corrected chi connectivity index (χ3v) is 5.01. The summed E-state index contributed by atoms with van der Waals surface area (Å²) >= 11 is 5.09. The zero-order chi connectivity index (χ0) is 14.4. The topological polar surface area (TPSA) is 56.7 Å². The molecule has 1 saturated carbocycles. The largest absolute Gasteiger partial charge is 0.333 e. The van der Waals surface area contributed by atoms with Crippen LogP contribution in [0.25, 0.3) is 22.4 Å². The molecule has 0 bridgehead atoms. The maximum absolute atomic E-state index is 5.38. The van der Waals surface area contributed by atoms with Gasteiger partial charge in [-0.2, -0.15) is 4.98 Å². The van der Waals surface area contributed by atoms with Crippen LogP contribution in [0.5, 0.6) is 0 Å². The van der Waals surface area contributed by atoms with Crippen LogP contribution in [0.2, 0.25) is 0 Å². The summed E-state index contributed by atoms with van der Waals surface area (Å²) in [6, 6.07) is 4.23. The molecule has 5 nitrogen and oxygen atoms in total. The number of halogens is 1. The van der Waals surface area contributed by atoms with Crippen LogP contribution in [-0.2, 0) is 13.5 Å². The van der Waals surface area contributed by atoms with E-state index in [0.29, 0.717) is 17.5 Å². The summed E-state index contributed by atoms with van der Waals surface area (Å²) in [5.74, 6) is 2.65. The molecule has 0 atom stereocenters. The second-order valence-corrected chi connectivity index (χ2v) is 7.32. The van der Waals surface area contributed by atoms with E-state index >= 15 is 0 Å². The van der Waals surface area contributed by atoms with Gasteiger partial charge in [-0.15, -0.1) is 11.3 Å². The SMILES string of the molecule is Cn1cc(Br)nc1-c1noc(-c2ccc(CC3CC3)s2)n1. The number of aromatic nitrogens is 4. The molecule has 0 aliphatic heterocycles. The van der Waals surface area contributed by atoms with E-state index in [0.717, 1.165) is 15.4 Å². The molecule has 0 saturated heterocycles. The van der Waals surface area contributed by atoms with Crippen molar-refractivity contribution in [2.75, 3.05) is 0 Å². The van der Waals surface area contributed by atoms with Crippen molar-refractivity contribution in [1.82, 2.24) is 19.7 Å². The number of thiophene rings is 1. The molecule has 0 amide bonds. The average molecular weight is 365 g/mol. The highest BCUT2D eigenvalue weighted by Gasteiger charge is 2.23. The fourth-order valence-electron chi connectivity index (χ4n) is 2.26. The number of nitrogens with zero attached hydrogens (tertiary/aromatic N) is 4. The maximum Gasteiger partial charge on any atom is 0.268 e. The summed E-state index contributed by atoms with van der Waals surface area (Å²) in [5, 5.41) is 4.04. The standard InChI is InChI=1S/C14H13BrN4OS/c1-19-7-11(15)16-13(19)12-17-14(20-18-12)10-5-4-9(21-10)6-8-2-3-8/h4-5,7-8H,2-3,6H2,1H3. The first kappa shape index (κ1) is 13.2. The molecule has 4 rings (SSSR count). The first-order chi connectivity index (χ1) is 10.2. The third-order valence-electron chi connectivity index (χ3n) is 3.53. The van der Waals surface area contributed by atoms with Crippen molar-refractivity contribution >= 4 is 27.3 Å². The Hall–Kier alpha value is -1.47. The smallest absolute Gasteiger partial charge is 0.268 e. The predicted molar refractivity (Wildman–Crippen MR) is 83.9 cm³/mol. The molecule has 3 aromatic rings. The van der Waals surface area contributed by atoms with Gasteiger partial charge in [-0.05, 0) is 53.2 Å². The van der Waals surface area contributed by atoms with E-state index in [2.05, 4.69) is 43.2 Å². The van der Waals surface area contributed by atoms with E-state index in [9.17, 15) is 0 Å². The summed E-state index contributed by atoms with van der Waals surface area (Å²) in [6.45, 7) is 0. The molecular formula is C14H13BrN4OS. The third kappa shape index (κ3) is 2.67. The second-order valence-electron chi connectivity index (χ2n) is 5.33. The Labute approximate surface area is 134 Å². The molecule has 108 valence electrons. The lowest BCUT2D eigenvalue weighted by Crippen LogP contribution is -1.92. The second kappa shape index (κ2) is 5.06. The van der Waals surface area contributed by atoms with Gasteiger partial charge in [-0.1, -0.05) is 5.16 Å². The highest BCUT2D eigenvalue weighted by atomic mass is 79.9. The van der Waals surface area contributed by atoms with Gasteiger partial charge in [0.2, 0.25) is 5.82 Å². The fourth-order valence-corrected chi connectivity index (χ4v) is 3.78. The minimum Gasteiger partial charge on any atom is -0.333 e. The lowest BCUT2D eigenvalue weighted by atomic mass is 10.2. The highest BCUT2D eigenvalue weighted by Crippen LogP contribution is 2.36. The first-order valence-electron chi connectivity index (χ1n) is 6.81. The molecule has 0 aromatic carbocycles. The summed E-state index contributed by atoms with van der Waals surface area (Å²) in [4.78, 5) is 11.2. The van der Waals surface area contributed by atoms with Gasteiger partial charge >= 0.3 is 0 Å². The molecule has 1 aliphatic rings. The van der Waals surface area contributed by atoms with Gasteiger partial charge in [0.15, 0.2) is 5.82 Å². The van der Waals surface area contributed by atoms with Crippen molar-refractivity contribution in [3.8, 4) is 22.4 Å². The van der Waals surface area contributed by atoms with Crippen LogP contribution in [0.15, 0.2) is 27.5 Å². The van der Waals surface area contributed by atoms with Gasteiger partial charge in [-0.25, -0.2) is 4.98 Å². The van der Waals surface area contributed by atoms with Gasteiger partial charge in [0.25, 0.3) is 5.89 Å². The van der Waals surface area contributed by atoms with E-state index in [1.165, 1.54) is 24.1 Å². The Bertz CT molecular complexity index is 787. The van der Waals surface area contributed by atoms with Crippen molar-refractivity contribution in [1.29, 1.82) is 0 Å². The quantitative estimate of drug-likeness (QED) is 0.703. The average Bonchev–Trinajstić information content (AvgIpc) is 2.87. The Morgan fingerprint density at radius 2 is 2.24 bits per heavy atom. The Kier molecular flexibility index (Phi) is 3.19. The van der Waals surface area contributed by atoms with E-state index in [1.54, 1.807) is 11.3 Å². The molecule has 0 unspecified atom stereocenters. The molecule has 21 heavy (non-hydrogen) atoms. The summed E-state index contributed by atoms with van der Waals surface area (Å²) in [7, 11) is 1.90. The van der Waals surface area contributed by atoms with Crippen LogP contribution in [0, 0.1) is 5.92 Å². The molecule has 0 N–H and O–H groups in total. The minimum absolute atomic E-state index is 0.510. The lowest BCUT2D eigenvalue weighted by Gasteiger charge is -1.92. The van der Waals surface area contributed by atoms with E-state index in [4.69, 9.17) is 4.52 Å². The highest BCUT2D eigenvalue weighted by molar-refractivity contribution is 9.10. The molecule has 1 aliphatic carbocycles. The van der Waals surface area contributed by atoms with Crippen molar-refractivity contribution in [2.24, 2.45) is 13.0 Å². The van der Waals surface area contributed by atoms with Gasteiger partial charge < -0.3 is 9.09 Å². The minimum atomic E-state index is 0.510. The predicted octanol–water partition coefficient (Wildman–Crippen LogP) is 3.91. The Morgan fingerprint density at radius 3 is 2.95 bits per heavy atom. The maximum atomic E-state index is 5.38. The zero-order valence-electron chi connectivity index (χ0n) is 11.4. The van der Waals surface area contributed by atoms with E-state index in [1.807, 2.05) is 17.8 Å². The Morgan fingerprint density at radius 1 is 1.38 bits per heavy atom. The van der Waals surface area contributed by atoms with Crippen molar-refractivity contribution in [3.05, 3.63) is 27.8 Å². The number of aryl methyl sites for hydroxylation is 1. The molecular weight excluding hydrogens is 352 g/mol. The van der Waals surface area contributed by atoms with Gasteiger partial charge in [0.05, 0.1) is 4.88 Å². The van der Waals surface area contributed by atoms with E-state index in [-0.39, 0.29) is 0 Å². The van der Waals surface area contributed by atoms with E-state index < -0.39 is 0 Å². The van der Waals surface area contributed by atoms with Gasteiger partial charge in [0.1, 0.15) is 4.60 Å². The molecule has 1 fully saturated rings. The van der Waals surface area contributed by atoms with Crippen LogP contribution >= 0.6 is 27.3 Å². The molecule has 3 aromatic heterocycles. The van der Waals surface area contributed by atoms with Crippen LogP contribution < -0.4 is 0 Å². The molecule has 7 heteroatoms. The number of hydrogen-bond donors (Lipinski definition) is 0. The van der Waals surface area contributed by atoms with Crippen LogP contribution in [0.1, 0.15) is 17.7 Å². The first-order valence-corrected chi connectivity index (χ1v) is 8.42. The molecule has 0 radical (unpaired) electrons. The Balaban J connectivity index is 1.61. The van der Waals surface area contributed by atoms with Crippen molar-refractivity contribution in [2.45, 2.75) is 19.3 Å². The van der Waals surface area contributed by atoms with Crippen LogP contribution in [-0.4, -0.2) is 19.7 Å². The fraction of sp³-hybridized carbons (Fsp3) is 0.357. The molecule has 3 heterocycles. The monoisotopic (exact) mass is 364 g/mol. The molecule has 0 spiro atoms. The summed E-state index contributed by atoms with van der Waals surface area (Å²) in [5.41, 5.74) is 0. The van der Waals surface area contributed by atoms with Crippen LogP contribution in [0.3, 0.4) is 0 Å². The zero-order valence-corrected chi connectivity index (χ0v) is 13.8. The van der Waals surface area contributed by atoms with Crippen LogP contribution in [0.4, 0.5) is 0 Å².